The molecule has 0 fully saturated rings. The van der Waals surface area contributed by atoms with Crippen LogP contribution in [0.15, 0.2) is 53.0 Å². The van der Waals surface area contributed by atoms with Crippen LogP contribution in [0.2, 0.25) is 0 Å². The molecule has 1 N–H and O–H groups in total. The molecule has 0 aliphatic carbocycles. The Morgan fingerprint density at radius 2 is 1.88 bits per heavy atom. The number of carbonyl (C=O) groups excluding carboxylic acids is 2. The molecule has 2 aromatic carbocycles. The molecule has 2 rings (SSSR count). The van der Waals surface area contributed by atoms with Crippen molar-refractivity contribution in [2.24, 2.45) is 0 Å². The van der Waals surface area contributed by atoms with Crippen LogP contribution in [0.4, 0.5) is 5.69 Å². The van der Waals surface area contributed by atoms with Gasteiger partial charge in [-0.2, -0.15) is 0 Å². The summed E-state index contributed by atoms with van der Waals surface area (Å²) in [6, 6.07) is 14.4. The molecule has 5 nitrogen and oxygen atoms in total. The van der Waals surface area contributed by atoms with Gasteiger partial charge in [-0.3, -0.25) is 9.59 Å². The van der Waals surface area contributed by atoms with Crippen molar-refractivity contribution < 1.29 is 14.3 Å². The second-order valence-corrected chi connectivity index (χ2v) is 6.05. The number of rotatable bonds is 6. The van der Waals surface area contributed by atoms with Crippen molar-refractivity contribution in [1.29, 1.82) is 0 Å². The summed E-state index contributed by atoms with van der Waals surface area (Å²) in [6.07, 6.45) is 0. The lowest BCUT2D eigenvalue weighted by molar-refractivity contribution is -0.116. The molecule has 0 unspecified atom stereocenters. The van der Waals surface area contributed by atoms with Gasteiger partial charge in [0, 0.05) is 35.7 Å². The zero-order chi connectivity index (χ0) is 17.5. The van der Waals surface area contributed by atoms with Crippen molar-refractivity contribution in [3.8, 4) is 5.75 Å². The van der Waals surface area contributed by atoms with Gasteiger partial charge in [-0.05, 0) is 42.5 Å². The van der Waals surface area contributed by atoms with Crippen molar-refractivity contribution in [1.82, 2.24) is 5.32 Å². The molecule has 0 atom stereocenters. The van der Waals surface area contributed by atoms with Crippen molar-refractivity contribution in [2.75, 3.05) is 25.1 Å². The van der Waals surface area contributed by atoms with Crippen LogP contribution in [0.3, 0.4) is 0 Å². The third-order valence-corrected chi connectivity index (χ3v) is 3.97. The number of nitrogens with one attached hydrogen (secondary N) is 1. The highest BCUT2D eigenvalue weighted by atomic mass is 79.9. The number of halogens is 1. The highest BCUT2D eigenvalue weighted by Crippen LogP contribution is 2.19. The smallest absolute Gasteiger partial charge is 0.251 e. The molecule has 2 aromatic rings. The van der Waals surface area contributed by atoms with Crippen LogP contribution in [-0.4, -0.2) is 32.0 Å². The van der Waals surface area contributed by atoms with Gasteiger partial charge in [0.15, 0.2) is 0 Å². The third-order valence-electron chi connectivity index (χ3n) is 3.47. The summed E-state index contributed by atoms with van der Waals surface area (Å²) in [4.78, 5) is 25.6. The Morgan fingerprint density at radius 1 is 1.17 bits per heavy atom. The first kappa shape index (κ1) is 18.0. The summed E-state index contributed by atoms with van der Waals surface area (Å²) in [5.41, 5.74) is 1.34. The number of methoxy groups -OCH3 is 1. The lowest BCUT2D eigenvalue weighted by Crippen LogP contribution is -2.37. The molecule has 0 saturated heterocycles. The van der Waals surface area contributed by atoms with Gasteiger partial charge in [-0.25, -0.2) is 0 Å². The van der Waals surface area contributed by atoms with E-state index >= 15 is 0 Å². The Hall–Kier alpha value is -2.34. The van der Waals surface area contributed by atoms with E-state index < -0.39 is 0 Å². The van der Waals surface area contributed by atoms with Crippen LogP contribution in [-0.2, 0) is 4.79 Å². The Bertz CT molecular complexity index is 716. The minimum Gasteiger partial charge on any atom is -0.497 e. The van der Waals surface area contributed by atoms with Crippen molar-refractivity contribution in [2.45, 2.75) is 6.92 Å². The second kappa shape index (κ2) is 8.49. The van der Waals surface area contributed by atoms with Crippen molar-refractivity contribution >= 4 is 33.4 Å². The van der Waals surface area contributed by atoms with E-state index in [1.807, 2.05) is 18.2 Å². The summed E-state index contributed by atoms with van der Waals surface area (Å²) in [5.74, 6) is 0.469. The standard InChI is InChI=1S/C18H19BrN2O3/c1-13(22)21(16-6-8-17(24-2)9-7-16)11-10-20-18(23)14-4-3-5-15(19)12-14/h3-9,12H,10-11H2,1-2H3,(H,20,23). The zero-order valence-electron chi connectivity index (χ0n) is 13.6. The summed E-state index contributed by atoms with van der Waals surface area (Å²) >= 11 is 3.34. The van der Waals surface area contributed by atoms with Gasteiger partial charge in [-0.1, -0.05) is 22.0 Å². The minimum absolute atomic E-state index is 0.0862. The molecule has 0 spiro atoms. The van der Waals surface area contributed by atoms with Gasteiger partial charge in [0.05, 0.1) is 7.11 Å². The van der Waals surface area contributed by atoms with Crippen LogP contribution in [0.25, 0.3) is 0 Å². The van der Waals surface area contributed by atoms with E-state index in [1.165, 1.54) is 6.92 Å². The average Bonchev–Trinajstić information content (AvgIpc) is 2.58. The summed E-state index contributed by atoms with van der Waals surface area (Å²) in [6.45, 7) is 2.25. The predicted molar refractivity (Wildman–Crippen MR) is 97.5 cm³/mol. The predicted octanol–water partition coefficient (Wildman–Crippen LogP) is 3.24. The minimum atomic E-state index is -0.172. The number of benzene rings is 2. The average molecular weight is 391 g/mol. The largest absolute Gasteiger partial charge is 0.497 e. The Kier molecular flexibility index (Phi) is 6.37. The van der Waals surface area contributed by atoms with Gasteiger partial charge < -0.3 is 15.0 Å². The third kappa shape index (κ3) is 4.83. The van der Waals surface area contributed by atoms with Crippen LogP contribution in [0, 0.1) is 0 Å². The maximum atomic E-state index is 12.1. The molecule has 0 radical (unpaired) electrons. The van der Waals surface area contributed by atoms with Gasteiger partial charge in [0.1, 0.15) is 5.75 Å². The molecule has 0 heterocycles. The number of hydrogen-bond donors (Lipinski definition) is 1. The van der Waals surface area contributed by atoms with E-state index in [0.717, 1.165) is 15.9 Å². The maximum absolute atomic E-state index is 12.1. The molecule has 0 saturated carbocycles. The molecular weight excluding hydrogens is 372 g/mol. The molecule has 2 amide bonds. The molecule has 6 heteroatoms. The van der Waals surface area contributed by atoms with E-state index in [9.17, 15) is 9.59 Å². The molecule has 0 aliphatic heterocycles. The van der Waals surface area contributed by atoms with Crippen molar-refractivity contribution in [3.05, 3.63) is 58.6 Å². The zero-order valence-corrected chi connectivity index (χ0v) is 15.2. The van der Waals surface area contributed by atoms with Crippen LogP contribution in [0.1, 0.15) is 17.3 Å². The quantitative estimate of drug-likeness (QED) is 0.823. The number of hydrogen-bond acceptors (Lipinski definition) is 3. The monoisotopic (exact) mass is 390 g/mol. The van der Waals surface area contributed by atoms with Crippen LogP contribution < -0.4 is 15.0 Å². The van der Waals surface area contributed by atoms with E-state index in [1.54, 1.807) is 42.3 Å². The van der Waals surface area contributed by atoms with E-state index in [4.69, 9.17) is 4.74 Å². The van der Waals surface area contributed by atoms with E-state index in [0.29, 0.717) is 18.7 Å². The fourth-order valence-corrected chi connectivity index (χ4v) is 2.64. The topological polar surface area (TPSA) is 58.6 Å². The number of nitrogens with zero attached hydrogens (tertiary/aromatic N) is 1. The molecule has 0 aliphatic rings. The lowest BCUT2D eigenvalue weighted by Gasteiger charge is -2.21. The Labute approximate surface area is 149 Å². The number of anilines is 1. The SMILES string of the molecule is COc1ccc(N(CCNC(=O)c2cccc(Br)c2)C(C)=O)cc1. The molecular formula is C18H19BrN2O3. The first-order valence-electron chi connectivity index (χ1n) is 7.47. The maximum Gasteiger partial charge on any atom is 0.251 e. The summed E-state index contributed by atoms with van der Waals surface area (Å²) < 4.78 is 5.96. The summed E-state index contributed by atoms with van der Waals surface area (Å²) in [5, 5.41) is 2.83. The Morgan fingerprint density at radius 3 is 2.46 bits per heavy atom. The van der Waals surface area contributed by atoms with Crippen LogP contribution >= 0.6 is 15.9 Å². The lowest BCUT2D eigenvalue weighted by atomic mass is 10.2. The molecule has 126 valence electrons. The van der Waals surface area contributed by atoms with E-state index in [-0.39, 0.29) is 11.8 Å². The molecule has 24 heavy (non-hydrogen) atoms. The number of amides is 2. The first-order valence-corrected chi connectivity index (χ1v) is 8.26. The highest BCUT2D eigenvalue weighted by molar-refractivity contribution is 9.10. The number of carbonyl (C=O) groups is 2. The normalized spacial score (nSPS) is 10.1. The van der Waals surface area contributed by atoms with Gasteiger partial charge in [0.25, 0.3) is 5.91 Å². The van der Waals surface area contributed by atoms with Gasteiger partial charge in [0.2, 0.25) is 5.91 Å². The van der Waals surface area contributed by atoms with E-state index in [2.05, 4.69) is 21.2 Å². The number of ether oxygens (including phenoxy) is 1. The fourth-order valence-electron chi connectivity index (χ4n) is 2.24. The fraction of sp³-hybridized carbons (Fsp3) is 0.222. The molecule has 0 aromatic heterocycles. The highest BCUT2D eigenvalue weighted by Gasteiger charge is 2.12. The Balaban J connectivity index is 1.96. The molecule has 0 bridgehead atoms. The van der Waals surface area contributed by atoms with Gasteiger partial charge >= 0.3 is 0 Å². The first-order chi connectivity index (χ1) is 11.5. The van der Waals surface area contributed by atoms with Crippen molar-refractivity contribution in [3.63, 3.8) is 0 Å². The van der Waals surface area contributed by atoms with Crippen LogP contribution in [0.5, 0.6) is 5.75 Å². The summed E-state index contributed by atoms with van der Waals surface area (Å²) in [7, 11) is 1.59. The second-order valence-electron chi connectivity index (χ2n) is 5.13. The van der Waals surface area contributed by atoms with Gasteiger partial charge in [-0.15, -0.1) is 0 Å².